The van der Waals surface area contributed by atoms with Crippen molar-refractivity contribution in [1.82, 2.24) is 0 Å². The second-order valence-electron chi connectivity index (χ2n) is 3.47. The molecule has 1 unspecified atom stereocenters. The van der Waals surface area contributed by atoms with Crippen molar-refractivity contribution in [3.63, 3.8) is 0 Å². The molecule has 6 heteroatoms. The van der Waals surface area contributed by atoms with Crippen molar-refractivity contribution in [3.05, 3.63) is 16.1 Å². The fraction of sp³-hybridized carbons (Fsp3) is 0.300. The summed E-state index contributed by atoms with van der Waals surface area (Å²) in [6.45, 7) is 1.85. The van der Waals surface area contributed by atoms with Crippen molar-refractivity contribution in [2.24, 2.45) is 0 Å². The van der Waals surface area contributed by atoms with E-state index < -0.39 is 6.10 Å². The van der Waals surface area contributed by atoms with Crippen LogP contribution in [-0.4, -0.2) is 12.0 Å². The van der Waals surface area contributed by atoms with Gasteiger partial charge in [0.1, 0.15) is 5.02 Å². The zero-order chi connectivity index (χ0) is 11.9. The third-order valence-electron chi connectivity index (χ3n) is 2.37. The zero-order valence-electron chi connectivity index (χ0n) is 8.51. The molecule has 1 atom stereocenters. The fourth-order valence-corrected chi connectivity index (χ4v) is 1.91. The summed E-state index contributed by atoms with van der Waals surface area (Å²) in [6, 6.07) is 1.54. The molecule has 0 aromatic heterocycles. The van der Waals surface area contributed by atoms with E-state index in [-0.39, 0.29) is 16.0 Å². The average molecular weight is 261 g/mol. The minimum atomic E-state index is -0.537. The quantitative estimate of drug-likeness (QED) is 0.764. The molecule has 0 radical (unpaired) electrons. The van der Waals surface area contributed by atoms with Gasteiger partial charge < -0.3 is 15.8 Å². The van der Waals surface area contributed by atoms with Gasteiger partial charge in [-0.15, -0.1) is 0 Å². The maximum absolute atomic E-state index is 11.5. The Kier molecular flexibility index (Phi) is 2.86. The van der Waals surface area contributed by atoms with Crippen molar-refractivity contribution in [2.45, 2.75) is 19.4 Å². The largest absolute Gasteiger partial charge is 0.477 e. The summed E-state index contributed by atoms with van der Waals surface area (Å²) in [5.74, 6) is 0.181. The van der Waals surface area contributed by atoms with Gasteiger partial charge in [-0.05, 0) is 12.5 Å². The van der Waals surface area contributed by atoms with Crippen LogP contribution in [0.25, 0.3) is 0 Å². The Morgan fingerprint density at radius 2 is 2.19 bits per heavy atom. The molecular weight excluding hydrogens is 251 g/mol. The van der Waals surface area contributed by atoms with Crippen LogP contribution >= 0.6 is 23.2 Å². The highest BCUT2D eigenvalue weighted by atomic mass is 35.5. The molecule has 3 N–H and O–H groups in total. The van der Waals surface area contributed by atoms with Gasteiger partial charge in [-0.25, -0.2) is 0 Å². The van der Waals surface area contributed by atoms with Gasteiger partial charge in [0.15, 0.2) is 11.9 Å². The highest BCUT2D eigenvalue weighted by Crippen LogP contribution is 2.44. The highest BCUT2D eigenvalue weighted by molar-refractivity contribution is 6.45. The maximum Gasteiger partial charge on any atom is 0.265 e. The first-order valence-corrected chi connectivity index (χ1v) is 5.55. The normalized spacial score (nSPS) is 18.7. The lowest BCUT2D eigenvalue weighted by molar-refractivity contribution is -0.123. The highest BCUT2D eigenvalue weighted by Gasteiger charge is 2.29. The number of halogens is 2. The lowest BCUT2D eigenvalue weighted by Crippen LogP contribution is -2.36. The molecule has 2 rings (SSSR count). The number of hydrogen-bond donors (Lipinski definition) is 2. The van der Waals surface area contributed by atoms with E-state index in [2.05, 4.69) is 5.32 Å². The lowest BCUT2D eigenvalue weighted by atomic mass is 10.1. The van der Waals surface area contributed by atoms with Gasteiger partial charge in [0.05, 0.1) is 16.4 Å². The van der Waals surface area contributed by atoms with E-state index in [0.29, 0.717) is 23.5 Å². The number of carbonyl (C=O) groups excluding carboxylic acids is 1. The zero-order valence-corrected chi connectivity index (χ0v) is 10.0. The van der Waals surface area contributed by atoms with Crippen LogP contribution in [0.1, 0.15) is 13.3 Å². The van der Waals surface area contributed by atoms with Crippen LogP contribution in [0, 0.1) is 0 Å². The number of nitrogen functional groups attached to an aromatic ring is 1. The summed E-state index contributed by atoms with van der Waals surface area (Å²) >= 11 is 11.9. The molecule has 1 amide bonds. The number of anilines is 2. The molecular formula is C10H10Cl2N2O2. The van der Waals surface area contributed by atoms with E-state index in [1.165, 1.54) is 6.07 Å². The van der Waals surface area contributed by atoms with Crippen molar-refractivity contribution < 1.29 is 9.53 Å². The molecule has 4 nitrogen and oxygen atoms in total. The minimum absolute atomic E-state index is 0.201. The summed E-state index contributed by atoms with van der Waals surface area (Å²) < 4.78 is 5.48. The van der Waals surface area contributed by atoms with Crippen molar-refractivity contribution in [1.29, 1.82) is 0 Å². The number of fused-ring (bicyclic) bond motifs is 1. The lowest BCUT2D eigenvalue weighted by Gasteiger charge is -2.26. The molecule has 1 aliphatic heterocycles. The topological polar surface area (TPSA) is 64.3 Å². The Labute approximate surface area is 103 Å². The van der Waals surface area contributed by atoms with E-state index in [1.807, 2.05) is 6.92 Å². The van der Waals surface area contributed by atoms with Crippen LogP contribution in [0.2, 0.25) is 10.0 Å². The number of benzene rings is 1. The first-order chi connectivity index (χ1) is 7.54. The van der Waals surface area contributed by atoms with Gasteiger partial charge in [-0.2, -0.15) is 0 Å². The van der Waals surface area contributed by atoms with E-state index in [4.69, 9.17) is 33.7 Å². The Bertz CT molecular complexity index is 463. The summed E-state index contributed by atoms with van der Waals surface area (Å²) in [7, 11) is 0. The van der Waals surface area contributed by atoms with Crippen molar-refractivity contribution in [2.75, 3.05) is 11.1 Å². The van der Waals surface area contributed by atoms with Crippen LogP contribution < -0.4 is 15.8 Å². The number of ether oxygens (including phenoxy) is 1. The molecule has 0 aliphatic carbocycles. The van der Waals surface area contributed by atoms with Crippen LogP contribution in [0.4, 0.5) is 11.4 Å². The minimum Gasteiger partial charge on any atom is -0.477 e. The smallest absolute Gasteiger partial charge is 0.265 e. The standard InChI is InChI=1S/C10H10Cl2N2O2/c1-2-6-10(15)14-5-3-4(13)7(11)8(12)9(5)16-6/h3,6H,2,13H2,1H3,(H,14,15). The first kappa shape index (κ1) is 11.4. The maximum atomic E-state index is 11.5. The van der Waals surface area contributed by atoms with Crippen LogP contribution in [0.3, 0.4) is 0 Å². The first-order valence-electron chi connectivity index (χ1n) is 4.79. The molecule has 0 bridgehead atoms. The van der Waals surface area contributed by atoms with Gasteiger partial charge in [-0.3, -0.25) is 4.79 Å². The van der Waals surface area contributed by atoms with Gasteiger partial charge in [0, 0.05) is 0 Å². The predicted molar refractivity (Wildman–Crippen MR) is 64.2 cm³/mol. The number of carbonyl (C=O) groups is 1. The summed E-state index contributed by atoms with van der Waals surface area (Å²) in [6.07, 6.45) is 0.0218. The Morgan fingerprint density at radius 1 is 1.50 bits per heavy atom. The van der Waals surface area contributed by atoms with Crippen LogP contribution in [0.15, 0.2) is 6.07 Å². The summed E-state index contributed by atoms with van der Waals surface area (Å²) in [5, 5.41) is 3.16. The molecule has 0 fully saturated rings. The predicted octanol–water partition coefficient (Wildman–Crippen LogP) is 2.69. The molecule has 1 heterocycles. The Balaban J connectivity index is 2.52. The summed E-state index contributed by atoms with van der Waals surface area (Å²) in [5.41, 5.74) is 6.40. The number of amides is 1. The van der Waals surface area contributed by atoms with E-state index in [0.717, 1.165) is 0 Å². The van der Waals surface area contributed by atoms with Crippen molar-refractivity contribution >= 4 is 40.5 Å². The number of nitrogens with one attached hydrogen (secondary N) is 1. The molecule has 1 aliphatic rings. The van der Waals surface area contributed by atoms with Gasteiger partial charge in [0.2, 0.25) is 0 Å². The monoisotopic (exact) mass is 260 g/mol. The van der Waals surface area contributed by atoms with Gasteiger partial charge >= 0.3 is 0 Å². The van der Waals surface area contributed by atoms with Crippen LogP contribution in [0.5, 0.6) is 5.75 Å². The van der Waals surface area contributed by atoms with Gasteiger partial charge in [-0.1, -0.05) is 30.1 Å². The molecule has 1 aromatic rings. The SMILES string of the molecule is CCC1Oc2c(cc(N)c(Cl)c2Cl)NC1=O. The molecule has 16 heavy (non-hydrogen) atoms. The molecule has 0 spiro atoms. The molecule has 1 aromatic carbocycles. The number of rotatable bonds is 1. The van der Waals surface area contributed by atoms with E-state index >= 15 is 0 Å². The average Bonchev–Trinajstić information content (AvgIpc) is 2.26. The summed E-state index contributed by atoms with van der Waals surface area (Å²) in [4.78, 5) is 11.5. The van der Waals surface area contributed by atoms with Crippen LogP contribution in [-0.2, 0) is 4.79 Å². The van der Waals surface area contributed by atoms with E-state index in [9.17, 15) is 4.79 Å². The third kappa shape index (κ3) is 1.68. The third-order valence-corrected chi connectivity index (χ3v) is 3.24. The van der Waals surface area contributed by atoms with Crippen molar-refractivity contribution in [3.8, 4) is 5.75 Å². The number of hydrogen-bond acceptors (Lipinski definition) is 3. The van der Waals surface area contributed by atoms with E-state index in [1.54, 1.807) is 0 Å². The molecule has 0 saturated heterocycles. The fourth-order valence-electron chi connectivity index (χ4n) is 1.51. The molecule has 86 valence electrons. The Hall–Kier alpha value is -1.13. The Morgan fingerprint density at radius 3 is 2.81 bits per heavy atom. The van der Waals surface area contributed by atoms with Gasteiger partial charge in [0.25, 0.3) is 5.91 Å². The second kappa shape index (κ2) is 4.03. The number of nitrogens with two attached hydrogens (primary N) is 1. The second-order valence-corrected chi connectivity index (χ2v) is 4.23. The molecule has 0 saturated carbocycles.